The van der Waals surface area contributed by atoms with E-state index in [1.165, 1.54) is 24.0 Å². The van der Waals surface area contributed by atoms with Crippen molar-refractivity contribution in [2.75, 3.05) is 13.1 Å². The van der Waals surface area contributed by atoms with Crippen molar-refractivity contribution < 1.29 is 9.90 Å². The lowest BCUT2D eigenvalue weighted by Gasteiger charge is -2.20. The summed E-state index contributed by atoms with van der Waals surface area (Å²) in [6.07, 6.45) is 3.40. The summed E-state index contributed by atoms with van der Waals surface area (Å²) in [7, 11) is 0. The van der Waals surface area contributed by atoms with Gasteiger partial charge in [0, 0.05) is 13.1 Å². The van der Waals surface area contributed by atoms with Gasteiger partial charge in [-0.1, -0.05) is 24.3 Å². The summed E-state index contributed by atoms with van der Waals surface area (Å²) in [5, 5.41) is 9.25. The predicted octanol–water partition coefficient (Wildman–Crippen LogP) is 2.86. The molecular formula is C16H21NO2. The summed E-state index contributed by atoms with van der Waals surface area (Å²) in [4.78, 5) is 13.5. The number of aliphatic carboxylic acids is 1. The van der Waals surface area contributed by atoms with E-state index in [-0.39, 0.29) is 0 Å². The Hall–Kier alpha value is -1.35. The van der Waals surface area contributed by atoms with Crippen LogP contribution in [0.1, 0.15) is 43.2 Å². The van der Waals surface area contributed by atoms with Crippen LogP contribution >= 0.6 is 0 Å². The van der Waals surface area contributed by atoms with E-state index in [9.17, 15) is 9.90 Å². The first-order valence-corrected chi connectivity index (χ1v) is 7.11. The van der Waals surface area contributed by atoms with E-state index in [4.69, 9.17) is 0 Å². The fourth-order valence-electron chi connectivity index (χ4n) is 2.99. The highest BCUT2D eigenvalue weighted by molar-refractivity contribution is 5.74. The first-order chi connectivity index (χ1) is 9.07. The molecule has 19 heavy (non-hydrogen) atoms. The van der Waals surface area contributed by atoms with Crippen molar-refractivity contribution in [2.45, 2.75) is 38.6 Å². The zero-order valence-electron chi connectivity index (χ0n) is 11.4. The van der Waals surface area contributed by atoms with Crippen molar-refractivity contribution in [2.24, 2.45) is 5.41 Å². The Kier molecular flexibility index (Phi) is 3.09. The maximum Gasteiger partial charge on any atom is 0.310 e. The van der Waals surface area contributed by atoms with Crippen molar-refractivity contribution >= 4 is 5.97 Å². The van der Waals surface area contributed by atoms with Crippen molar-refractivity contribution in [3.05, 3.63) is 35.4 Å². The number of hydrogen-bond acceptors (Lipinski definition) is 2. The van der Waals surface area contributed by atoms with E-state index >= 15 is 0 Å². The molecule has 102 valence electrons. The molecule has 1 saturated heterocycles. The lowest BCUT2D eigenvalue weighted by Crippen LogP contribution is -2.31. The van der Waals surface area contributed by atoms with Crippen LogP contribution in [0.25, 0.3) is 0 Å². The molecule has 1 heterocycles. The van der Waals surface area contributed by atoms with Crippen LogP contribution in [0, 0.1) is 5.41 Å². The summed E-state index contributed by atoms with van der Waals surface area (Å²) in [5.41, 5.74) is 2.21. The number of benzene rings is 1. The Morgan fingerprint density at radius 2 is 2.26 bits per heavy atom. The quantitative estimate of drug-likeness (QED) is 0.904. The second-order valence-corrected chi connectivity index (χ2v) is 6.35. The Morgan fingerprint density at radius 3 is 2.89 bits per heavy atom. The Balaban J connectivity index is 1.66. The molecule has 0 aromatic heterocycles. The standard InChI is InChI=1S/C16H21NO2/c1-16(15(18)19)7-8-17(11-16)10-12-3-2-4-14(9-12)13-5-6-13/h2-4,9,13H,5-8,10-11H2,1H3,(H,18,19). The van der Waals surface area contributed by atoms with E-state index in [1.54, 1.807) is 0 Å². The van der Waals surface area contributed by atoms with Gasteiger partial charge in [0.05, 0.1) is 5.41 Å². The summed E-state index contributed by atoms with van der Waals surface area (Å²) in [6.45, 7) is 4.28. The number of likely N-dealkylation sites (tertiary alicyclic amines) is 1. The molecule has 3 rings (SSSR count). The third-order valence-corrected chi connectivity index (χ3v) is 4.47. The molecular weight excluding hydrogens is 238 g/mol. The van der Waals surface area contributed by atoms with Gasteiger partial charge in [-0.25, -0.2) is 0 Å². The maximum atomic E-state index is 11.2. The number of nitrogens with zero attached hydrogens (tertiary/aromatic N) is 1. The minimum absolute atomic E-state index is 0.561. The minimum atomic E-state index is -0.665. The van der Waals surface area contributed by atoms with Gasteiger partial charge in [-0.2, -0.15) is 0 Å². The van der Waals surface area contributed by atoms with Gasteiger partial charge >= 0.3 is 5.97 Å². The molecule has 1 saturated carbocycles. The van der Waals surface area contributed by atoms with E-state index in [2.05, 4.69) is 29.2 Å². The molecule has 2 aliphatic rings. The second-order valence-electron chi connectivity index (χ2n) is 6.35. The molecule has 3 nitrogen and oxygen atoms in total. The zero-order chi connectivity index (χ0) is 13.5. The van der Waals surface area contributed by atoms with E-state index < -0.39 is 11.4 Å². The maximum absolute atomic E-state index is 11.2. The van der Waals surface area contributed by atoms with Crippen LogP contribution in [0.5, 0.6) is 0 Å². The van der Waals surface area contributed by atoms with Gasteiger partial charge in [-0.05, 0) is 49.8 Å². The fourth-order valence-corrected chi connectivity index (χ4v) is 2.99. The monoisotopic (exact) mass is 259 g/mol. The first kappa shape index (κ1) is 12.7. The Bertz CT molecular complexity index is 495. The Labute approximate surface area is 114 Å². The summed E-state index contributed by atoms with van der Waals surface area (Å²) in [6, 6.07) is 8.80. The fraction of sp³-hybridized carbons (Fsp3) is 0.562. The molecule has 0 radical (unpaired) electrons. The second kappa shape index (κ2) is 4.64. The van der Waals surface area contributed by atoms with Crippen LogP contribution in [-0.2, 0) is 11.3 Å². The largest absolute Gasteiger partial charge is 0.481 e. The number of carboxylic acid groups (broad SMARTS) is 1. The van der Waals surface area contributed by atoms with Crippen molar-refractivity contribution in [3.8, 4) is 0 Å². The van der Waals surface area contributed by atoms with Crippen LogP contribution in [0.15, 0.2) is 24.3 Å². The number of hydrogen-bond donors (Lipinski definition) is 1. The average Bonchev–Trinajstić information content (AvgIpc) is 3.15. The molecule has 1 aliphatic heterocycles. The summed E-state index contributed by atoms with van der Waals surface area (Å²) in [5.74, 6) is 0.115. The highest BCUT2D eigenvalue weighted by Crippen LogP contribution is 2.40. The first-order valence-electron chi connectivity index (χ1n) is 7.11. The zero-order valence-corrected chi connectivity index (χ0v) is 11.4. The lowest BCUT2D eigenvalue weighted by molar-refractivity contribution is -0.147. The Morgan fingerprint density at radius 1 is 1.47 bits per heavy atom. The molecule has 1 aromatic rings. The normalized spacial score (nSPS) is 27.6. The molecule has 0 spiro atoms. The van der Waals surface area contributed by atoms with Gasteiger partial charge in [0.25, 0.3) is 0 Å². The highest BCUT2D eigenvalue weighted by atomic mass is 16.4. The van der Waals surface area contributed by atoms with Crippen molar-refractivity contribution in [1.29, 1.82) is 0 Å². The molecule has 3 heteroatoms. The predicted molar refractivity (Wildman–Crippen MR) is 74.1 cm³/mol. The third kappa shape index (κ3) is 2.66. The van der Waals surface area contributed by atoms with Crippen LogP contribution < -0.4 is 0 Å². The summed E-state index contributed by atoms with van der Waals surface area (Å²) < 4.78 is 0. The molecule has 0 amide bonds. The van der Waals surface area contributed by atoms with Gasteiger partial charge in [0.2, 0.25) is 0 Å². The molecule has 2 fully saturated rings. The smallest absolute Gasteiger partial charge is 0.310 e. The minimum Gasteiger partial charge on any atom is -0.481 e. The van der Waals surface area contributed by atoms with Crippen LogP contribution in [0.4, 0.5) is 0 Å². The molecule has 1 aliphatic carbocycles. The molecule has 0 bridgehead atoms. The highest BCUT2D eigenvalue weighted by Gasteiger charge is 2.40. The third-order valence-electron chi connectivity index (χ3n) is 4.47. The van der Waals surface area contributed by atoms with Crippen LogP contribution in [0.3, 0.4) is 0 Å². The molecule has 1 aromatic carbocycles. The molecule has 1 atom stereocenters. The molecule has 1 unspecified atom stereocenters. The van der Waals surface area contributed by atoms with Crippen molar-refractivity contribution in [1.82, 2.24) is 4.90 Å². The molecule has 1 N–H and O–H groups in total. The van der Waals surface area contributed by atoms with Gasteiger partial charge in [0.15, 0.2) is 0 Å². The van der Waals surface area contributed by atoms with Crippen molar-refractivity contribution in [3.63, 3.8) is 0 Å². The van der Waals surface area contributed by atoms with E-state index in [0.717, 1.165) is 25.4 Å². The SMILES string of the molecule is CC1(C(=O)O)CCN(Cc2cccc(C3CC3)c2)C1. The number of carbonyl (C=O) groups is 1. The summed E-state index contributed by atoms with van der Waals surface area (Å²) >= 11 is 0. The van der Waals surface area contributed by atoms with E-state index in [0.29, 0.717) is 6.54 Å². The van der Waals surface area contributed by atoms with Crippen LogP contribution in [-0.4, -0.2) is 29.1 Å². The lowest BCUT2D eigenvalue weighted by atomic mass is 9.90. The van der Waals surface area contributed by atoms with Crippen LogP contribution in [0.2, 0.25) is 0 Å². The van der Waals surface area contributed by atoms with Gasteiger partial charge in [-0.3, -0.25) is 9.69 Å². The van der Waals surface area contributed by atoms with E-state index in [1.807, 2.05) is 6.92 Å². The number of rotatable bonds is 4. The topological polar surface area (TPSA) is 40.5 Å². The van der Waals surface area contributed by atoms with Gasteiger partial charge < -0.3 is 5.11 Å². The van der Waals surface area contributed by atoms with Gasteiger partial charge in [-0.15, -0.1) is 0 Å². The number of carboxylic acids is 1. The average molecular weight is 259 g/mol. The van der Waals surface area contributed by atoms with Gasteiger partial charge in [0.1, 0.15) is 0 Å².